The van der Waals surface area contributed by atoms with Gasteiger partial charge in [-0.3, -0.25) is 9.69 Å². The Kier molecular flexibility index (Phi) is 9.15. The Hall–Kier alpha value is -2.12. The molecule has 1 atom stereocenters. The van der Waals surface area contributed by atoms with Crippen LogP contribution in [0.4, 0.5) is 5.69 Å². The Morgan fingerprint density at radius 2 is 2.13 bits per heavy atom. The zero-order valence-corrected chi connectivity index (χ0v) is 19.3. The highest BCUT2D eigenvalue weighted by molar-refractivity contribution is 5.93. The Morgan fingerprint density at radius 3 is 2.84 bits per heavy atom. The summed E-state index contributed by atoms with van der Waals surface area (Å²) in [5.41, 5.74) is 1.92. The fourth-order valence-electron chi connectivity index (χ4n) is 3.97. The number of hydrogen-bond donors (Lipinski definition) is 3. The fraction of sp³-hybridized carbons (Fsp3) is 0.667. The second-order valence-electron chi connectivity index (χ2n) is 9.04. The van der Waals surface area contributed by atoms with Crippen LogP contribution in [0.1, 0.15) is 45.6 Å². The Balaban J connectivity index is 1.51. The molecule has 7 nitrogen and oxygen atoms in total. The van der Waals surface area contributed by atoms with Crippen LogP contribution < -0.4 is 16.0 Å². The van der Waals surface area contributed by atoms with E-state index >= 15 is 0 Å². The zero-order valence-electron chi connectivity index (χ0n) is 19.3. The predicted octanol–water partition coefficient (Wildman–Crippen LogP) is 2.84. The number of hydrogen-bond acceptors (Lipinski definition) is 4. The molecule has 1 unspecified atom stereocenters. The zero-order chi connectivity index (χ0) is 22.1. The summed E-state index contributed by atoms with van der Waals surface area (Å²) in [6.07, 6.45) is 3.34. The number of carbonyl (C=O) groups is 1. The van der Waals surface area contributed by atoms with E-state index in [1.54, 1.807) is 0 Å². The number of aliphatic imine (C=N–C) groups is 1. The first-order valence-corrected chi connectivity index (χ1v) is 11.8. The summed E-state index contributed by atoms with van der Waals surface area (Å²) in [5, 5.41) is 9.78. The lowest BCUT2D eigenvalue weighted by Crippen LogP contribution is -2.50. The lowest BCUT2D eigenvalue weighted by molar-refractivity contribution is -0.122. The first-order chi connectivity index (χ1) is 15.0. The molecule has 1 saturated heterocycles. The molecule has 0 bridgehead atoms. The van der Waals surface area contributed by atoms with Crippen LogP contribution in [-0.2, 0) is 16.1 Å². The number of nitrogens with one attached hydrogen (secondary N) is 3. The lowest BCUT2D eigenvalue weighted by Gasteiger charge is -2.34. The molecule has 0 aromatic heterocycles. The summed E-state index contributed by atoms with van der Waals surface area (Å²) in [5.74, 6) is 1.78. The third-order valence-electron chi connectivity index (χ3n) is 5.78. The van der Waals surface area contributed by atoms with Crippen molar-refractivity contribution in [2.24, 2.45) is 16.8 Å². The van der Waals surface area contributed by atoms with Gasteiger partial charge in [0.15, 0.2) is 5.96 Å². The van der Waals surface area contributed by atoms with Crippen molar-refractivity contribution >= 4 is 17.6 Å². The average Bonchev–Trinajstić information content (AvgIpc) is 2.69. The van der Waals surface area contributed by atoms with Crippen molar-refractivity contribution < 1.29 is 9.53 Å². The highest BCUT2D eigenvalue weighted by Gasteiger charge is 2.25. The standard InChI is InChI=1S/C24H39N5O2/c1-4-25-24(27-15-22-17-29(11-12-31-22)16-18(2)3)26-14-19-7-5-10-21(13-19)28-23(30)20-8-6-9-20/h5,7,10,13,18,20,22H,4,6,8-9,11-12,14-17H2,1-3H3,(H,28,30)(H2,25,26,27). The number of anilines is 1. The SMILES string of the molecule is CCNC(=NCc1cccc(NC(=O)C2CCC2)c1)NCC1CN(CC(C)C)CCO1. The molecule has 31 heavy (non-hydrogen) atoms. The quantitative estimate of drug-likeness (QED) is 0.416. The monoisotopic (exact) mass is 429 g/mol. The summed E-state index contributed by atoms with van der Waals surface area (Å²) < 4.78 is 5.94. The average molecular weight is 430 g/mol. The minimum absolute atomic E-state index is 0.140. The lowest BCUT2D eigenvalue weighted by atomic mass is 9.85. The van der Waals surface area contributed by atoms with E-state index in [1.165, 1.54) is 0 Å². The molecule has 7 heteroatoms. The van der Waals surface area contributed by atoms with E-state index in [0.717, 1.165) is 75.8 Å². The van der Waals surface area contributed by atoms with E-state index in [-0.39, 0.29) is 17.9 Å². The number of ether oxygens (including phenoxy) is 1. The summed E-state index contributed by atoms with van der Waals surface area (Å²) >= 11 is 0. The Bertz CT molecular complexity index is 732. The van der Waals surface area contributed by atoms with Crippen LogP contribution >= 0.6 is 0 Å². The molecule has 1 heterocycles. The van der Waals surface area contributed by atoms with E-state index in [4.69, 9.17) is 9.73 Å². The van der Waals surface area contributed by atoms with E-state index in [0.29, 0.717) is 12.5 Å². The van der Waals surface area contributed by atoms with Gasteiger partial charge in [-0.05, 0) is 43.4 Å². The highest BCUT2D eigenvalue weighted by Crippen LogP contribution is 2.27. The van der Waals surface area contributed by atoms with Crippen molar-refractivity contribution in [1.82, 2.24) is 15.5 Å². The van der Waals surface area contributed by atoms with Gasteiger partial charge < -0.3 is 20.7 Å². The molecule has 1 aromatic rings. The largest absolute Gasteiger partial charge is 0.374 e. The van der Waals surface area contributed by atoms with Gasteiger partial charge in [0.25, 0.3) is 0 Å². The van der Waals surface area contributed by atoms with Gasteiger partial charge >= 0.3 is 0 Å². The fourth-order valence-corrected chi connectivity index (χ4v) is 3.97. The smallest absolute Gasteiger partial charge is 0.227 e. The molecule has 1 saturated carbocycles. The summed E-state index contributed by atoms with van der Waals surface area (Å²) in [6.45, 7) is 12.5. The third-order valence-corrected chi connectivity index (χ3v) is 5.78. The van der Waals surface area contributed by atoms with Crippen LogP contribution in [0.25, 0.3) is 0 Å². The molecule has 1 aliphatic carbocycles. The van der Waals surface area contributed by atoms with E-state index in [9.17, 15) is 4.79 Å². The van der Waals surface area contributed by atoms with Gasteiger partial charge in [0.1, 0.15) is 0 Å². The molecule has 172 valence electrons. The normalized spacial score (nSPS) is 20.4. The maximum absolute atomic E-state index is 12.2. The van der Waals surface area contributed by atoms with Gasteiger partial charge in [0, 0.05) is 44.3 Å². The molecular formula is C24H39N5O2. The number of rotatable bonds is 9. The molecule has 3 N–H and O–H groups in total. The van der Waals surface area contributed by atoms with Crippen molar-refractivity contribution in [3.63, 3.8) is 0 Å². The molecule has 1 aromatic carbocycles. The van der Waals surface area contributed by atoms with Crippen molar-refractivity contribution in [2.45, 2.75) is 52.7 Å². The van der Waals surface area contributed by atoms with Crippen molar-refractivity contribution in [3.05, 3.63) is 29.8 Å². The van der Waals surface area contributed by atoms with E-state index in [2.05, 4.69) is 41.6 Å². The van der Waals surface area contributed by atoms with Crippen LogP contribution in [0.5, 0.6) is 0 Å². The maximum atomic E-state index is 12.2. The molecule has 1 aliphatic heterocycles. The second kappa shape index (κ2) is 12.1. The summed E-state index contributed by atoms with van der Waals surface area (Å²) in [7, 11) is 0. The molecule has 0 spiro atoms. The number of benzene rings is 1. The van der Waals surface area contributed by atoms with Crippen LogP contribution in [0, 0.1) is 11.8 Å². The maximum Gasteiger partial charge on any atom is 0.227 e. The van der Waals surface area contributed by atoms with Crippen molar-refractivity contribution in [2.75, 3.05) is 44.6 Å². The van der Waals surface area contributed by atoms with Gasteiger partial charge in [0.2, 0.25) is 5.91 Å². The van der Waals surface area contributed by atoms with Crippen molar-refractivity contribution in [3.8, 4) is 0 Å². The first-order valence-electron chi connectivity index (χ1n) is 11.8. The van der Waals surface area contributed by atoms with Gasteiger partial charge in [-0.25, -0.2) is 4.99 Å². The molecule has 2 aliphatic rings. The van der Waals surface area contributed by atoms with E-state index < -0.39 is 0 Å². The number of amides is 1. The molecule has 0 radical (unpaired) electrons. The molecular weight excluding hydrogens is 390 g/mol. The van der Waals surface area contributed by atoms with Crippen LogP contribution in [0.15, 0.2) is 29.3 Å². The third kappa shape index (κ3) is 7.82. The van der Waals surface area contributed by atoms with Crippen LogP contribution in [0.2, 0.25) is 0 Å². The van der Waals surface area contributed by atoms with Crippen LogP contribution in [-0.4, -0.2) is 62.2 Å². The molecule has 3 rings (SSSR count). The number of morpholine rings is 1. The topological polar surface area (TPSA) is 78.0 Å². The predicted molar refractivity (Wildman–Crippen MR) is 126 cm³/mol. The Morgan fingerprint density at radius 1 is 1.29 bits per heavy atom. The second-order valence-corrected chi connectivity index (χ2v) is 9.04. The summed E-state index contributed by atoms with van der Waals surface area (Å²) in [6, 6.07) is 7.97. The summed E-state index contributed by atoms with van der Waals surface area (Å²) in [4.78, 5) is 19.4. The first kappa shape index (κ1) is 23.5. The molecule has 2 fully saturated rings. The Labute approximate surface area is 187 Å². The minimum Gasteiger partial charge on any atom is -0.374 e. The number of nitrogens with zero attached hydrogens (tertiary/aromatic N) is 2. The number of carbonyl (C=O) groups excluding carboxylic acids is 1. The van der Waals surface area contributed by atoms with Gasteiger partial charge in [-0.1, -0.05) is 32.4 Å². The van der Waals surface area contributed by atoms with Gasteiger partial charge in [-0.2, -0.15) is 0 Å². The van der Waals surface area contributed by atoms with Crippen molar-refractivity contribution in [1.29, 1.82) is 0 Å². The molecule has 1 amide bonds. The highest BCUT2D eigenvalue weighted by atomic mass is 16.5. The van der Waals surface area contributed by atoms with E-state index in [1.807, 2.05) is 24.3 Å². The minimum atomic E-state index is 0.140. The number of guanidine groups is 1. The van der Waals surface area contributed by atoms with Gasteiger partial charge in [0.05, 0.1) is 19.3 Å². The van der Waals surface area contributed by atoms with Gasteiger partial charge in [-0.15, -0.1) is 0 Å². The van der Waals surface area contributed by atoms with Crippen LogP contribution in [0.3, 0.4) is 0 Å².